The lowest BCUT2D eigenvalue weighted by molar-refractivity contribution is -0.116. The zero-order chi connectivity index (χ0) is 15.9. The Balaban J connectivity index is -0.000000203. The summed E-state index contributed by atoms with van der Waals surface area (Å²) in [7, 11) is -0.555. The Morgan fingerprint density at radius 2 is 1.42 bits per heavy atom. The number of rotatable bonds is 4. The predicted molar refractivity (Wildman–Crippen MR) is 75.2 cm³/mol. The summed E-state index contributed by atoms with van der Waals surface area (Å²) in [4.78, 5) is 19.9. The van der Waals surface area contributed by atoms with Gasteiger partial charge in [-0.05, 0) is 18.6 Å². The Kier molecular flexibility index (Phi) is 17.0. The summed E-state index contributed by atoms with van der Waals surface area (Å²) in [5.41, 5.74) is 0. The van der Waals surface area contributed by atoms with Gasteiger partial charge < -0.3 is 10.6 Å². The van der Waals surface area contributed by atoms with Crippen molar-refractivity contribution in [1.29, 1.82) is 0 Å². The number of hydrogen-bond donors (Lipinski definition) is 3. The first-order chi connectivity index (χ1) is 8.68. The summed E-state index contributed by atoms with van der Waals surface area (Å²) in [6.07, 6.45) is 2.92. The first-order valence-corrected chi connectivity index (χ1v) is 6.92. The monoisotopic (exact) mass is 294 g/mol. The summed E-state index contributed by atoms with van der Waals surface area (Å²) in [5.74, 6) is -0.419. The number of amides is 2. The highest BCUT2D eigenvalue weighted by Gasteiger charge is 1.98. The lowest BCUT2D eigenvalue weighted by Crippen LogP contribution is -2.13. The molecule has 0 fully saturated rings. The molecule has 0 aliphatic rings. The highest BCUT2D eigenvalue weighted by atomic mass is 32.2. The van der Waals surface area contributed by atoms with Gasteiger partial charge in [-0.25, -0.2) is 0 Å². The Morgan fingerprint density at radius 1 is 1.11 bits per heavy atom. The number of carbonyl (C=O) groups is 2. The zero-order valence-electron chi connectivity index (χ0n) is 11.5. The Labute approximate surface area is 114 Å². The fourth-order valence-electron chi connectivity index (χ4n) is 0.462. The van der Waals surface area contributed by atoms with E-state index in [2.05, 4.69) is 23.8 Å². The van der Waals surface area contributed by atoms with Crippen LogP contribution in [0.5, 0.6) is 0 Å². The van der Waals surface area contributed by atoms with E-state index >= 15 is 0 Å². The standard InChI is InChI=1S/2C4H7NO.C3H8O3S/c2*1-3-4(6)5-2;1-2-3-7(4,5)6/h2*3H,1H2,2H3,(H,5,6);2-3H2,1H3,(H,4,5,6). The van der Waals surface area contributed by atoms with Gasteiger partial charge in [-0.15, -0.1) is 0 Å². The summed E-state index contributed by atoms with van der Waals surface area (Å²) >= 11 is 0. The molecule has 19 heavy (non-hydrogen) atoms. The van der Waals surface area contributed by atoms with Gasteiger partial charge in [-0.3, -0.25) is 14.1 Å². The molecule has 0 bridgehead atoms. The number of carbonyl (C=O) groups excluding carboxylic acids is 2. The van der Waals surface area contributed by atoms with Crippen LogP contribution in [0.25, 0.3) is 0 Å². The van der Waals surface area contributed by atoms with Gasteiger partial charge in [0.1, 0.15) is 0 Å². The van der Waals surface area contributed by atoms with Gasteiger partial charge in [0, 0.05) is 14.1 Å². The highest BCUT2D eigenvalue weighted by Crippen LogP contribution is 1.83. The number of likely N-dealkylation sites (N-methyl/N-ethyl adjacent to an activating group) is 2. The molecule has 3 N–H and O–H groups in total. The van der Waals surface area contributed by atoms with Crippen molar-refractivity contribution >= 4 is 21.9 Å². The summed E-state index contributed by atoms with van der Waals surface area (Å²) in [6.45, 7) is 8.13. The Morgan fingerprint density at radius 3 is 1.42 bits per heavy atom. The van der Waals surface area contributed by atoms with E-state index in [1.165, 1.54) is 12.2 Å². The quantitative estimate of drug-likeness (QED) is 0.503. The van der Waals surface area contributed by atoms with Gasteiger partial charge in [-0.1, -0.05) is 20.1 Å². The van der Waals surface area contributed by atoms with Crippen LogP contribution >= 0.6 is 0 Å². The van der Waals surface area contributed by atoms with Crippen LogP contribution in [0.3, 0.4) is 0 Å². The van der Waals surface area contributed by atoms with Gasteiger partial charge in [0.2, 0.25) is 11.8 Å². The minimum Gasteiger partial charge on any atom is -0.356 e. The predicted octanol–water partition coefficient (Wildman–Crippen LogP) is 0.121. The molecule has 0 aromatic heterocycles. The van der Waals surface area contributed by atoms with E-state index in [1.54, 1.807) is 21.0 Å². The lowest BCUT2D eigenvalue weighted by Gasteiger charge is -1.85. The minimum absolute atomic E-state index is 0.132. The van der Waals surface area contributed by atoms with E-state index in [0.29, 0.717) is 6.42 Å². The van der Waals surface area contributed by atoms with Gasteiger partial charge in [-0.2, -0.15) is 8.42 Å². The minimum atomic E-state index is -3.67. The molecular formula is C11H22N2O5S. The molecule has 0 atom stereocenters. The van der Waals surface area contributed by atoms with Crippen molar-refractivity contribution in [3.63, 3.8) is 0 Å². The third-order valence-corrected chi connectivity index (χ3v) is 2.25. The molecule has 0 aliphatic heterocycles. The second-order valence-corrected chi connectivity index (χ2v) is 4.49. The summed E-state index contributed by atoms with van der Waals surface area (Å²) in [6, 6.07) is 0. The molecule has 0 unspecified atom stereocenters. The smallest absolute Gasteiger partial charge is 0.264 e. The average molecular weight is 294 g/mol. The average Bonchev–Trinajstić information content (AvgIpc) is 2.36. The van der Waals surface area contributed by atoms with E-state index < -0.39 is 10.1 Å². The van der Waals surface area contributed by atoms with Crippen molar-refractivity contribution in [3.05, 3.63) is 25.3 Å². The molecule has 8 heteroatoms. The first-order valence-electron chi connectivity index (χ1n) is 5.31. The lowest BCUT2D eigenvalue weighted by atomic mass is 10.6. The van der Waals surface area contributed by atoms with E-state index in [1.807, 2.05) is 0 Å². The van der Waals surface area contributed by atoms with E-state index in [0.717, 1.165) is 0 Å². The normalized spacial score (nSPS) is 8.63. The number of nitrogens with one attached hydrogen (secondary N) is 2. The van der Waals surface area contributed by atoms with Crippen molar-refractivity contribution in [1.82, 2.24) is 10.6 Å². The van der Waals surface area contributed by atoms with Crippen LogP contribution < -0.4 is 10.6 Å². The molecule has 0 radical (unpaired) electrons. The summed E-state index contributed by atoms with van der Waals surface area (Å²) < 4.78 is 27.6. The SMILES string of the molecule is C=CC(=O)NC.C=CC(=O)NC.CCCS(=O)(=O)O. The highest BCUT2D eigenvalue weighted by molar-refractivity contribution is 7.85. The van der Waals surface area contributed by atoms with Crippen LogP contribution in [-0.4, -0.2) is 44.6 Å². The largest absolute Gasteiger partial charge is 0.356 e. The fourth-order valence-corrected chi connectivity index (χ4v) is 0.978. The molecule has 112 valence electrons. The second kappa shape index (κ2) is 14.4. The maximum Gasteiger partial charge on any atom is 0.264 e. The van der Waals surface area contributed by atoms with Crippen molar-refractivity contribution < 1.29 is 22.6 Å². The van der Waals surface area contributed by atoms with Gasteiger partial charge in [0.25, 0.3) is 10.1 Å². The molecule has 0 aliphatic carbocycles. The van der Waals surface area contributed by atoms with Crippen LogP contribution in [0, 0.1) is 0 Å². The van der Waals surface area contributed by atoms with Crippen molar-refractivity contribution in [2.24, 2.45) is 0 Å². The molecule has 0 spiro atoms. The Bertz CT molecular complexity index is 357. The maximum absolute atomic E-state index is 9.95. The third-order valence-electron chi connectivity index (χ3n) is 1.33. The van der Waals surface area contributed by atoms with Gasteiger partial charge in [0.05, 0.1) is 5.75 Å². The zero-order valence-corrected chi connectivity index (χ0v) is 12.3. The van der Waals surface area contributed by atoms with Crippen LogP contribution in [-0.2, 0) is 19.7 Å². The topological polar surface area (TPSA) is 113 Å². The maximum atomic E-state index is 9.95. The second-order valence-electron chi connectivity index (χ2n) is 2.92. The summed E-state index contributed by atoms with van der Waals surface area (Å²) in [5, 5.41) is 4.72. The Hall–Kier alpha value is -1.67. The molecule has 0 aromatic rings. The van der Waals surface area contributed by atoms with E-state index in [9.17, 15) is 18.0 Å². The molecule has 0 aromatic carbocycles. The van der Waals surface area contributed by atoms with Crippen molar-refractivity contribution in [2.75, 3.05) is 19.8 Å². The molecule has 0 rings (SSSR count). The van der Waals surface area contributed by atoms with Crippen molar-refractivity contribution in [2.45, 2.75) is 13.3 Å². The van der Waals surface area contributed by atoms with Gasteiger partial charge in [0.15, 0.2) is 0 Å². The van der Waals surface area contributed by atoms with Crippen LogP contribution in [0.15, 0.2) is 25.3 Å². The molecular weight excluding hydrogens is 272 g/mol. The molecule has 0 saturated carbocycles. The molecule has 7 nitrogen and oxygen atoms in total. The van der Waals surface area contributed by atoms with E-state index in [-0.39, 0.29) is 17.6 Å². The fraction of sp³-hybridized carbons (Fsp3) is 0.455. The molecule has 2 amide bonds. The molecule has 0 heterocycles. The van der Waals surface area contributed by atoms with Crippen molar-refractivity contribution in [3.8, 4) is 0 Å². The first kappa shape index (κ1) is 22.5. The number of hydrogen-bond acceptors (Lipinski definition) is 4. The van der Waals surface area contributed by atoms with Gasteiger partial charge >= 0.3 is 0 Å². The van der Waals surface area contributed by atoms with Crippen LogP contribution in [0.2, 0.25) is 0 Å². The third kappa shape index (κ3) is 31.4. The van der Waals surface area contributed by atoms with Crippen LogP contribution in [0.1, 0.15) is 13.3 Å². The van der Waals surface area contributed by atoms with E-state index in [4.69, 9.17) is 4.55 Å². The molecule has 0 saturated heterocycles. The van der Waals surface area contributed by atoms with Crippen LogP contribution in [0.4, 0.5) is 0 Å².